The summed E-state index contributed by atoms with van der Waals surface area (Å²) in [5.74, 6) is -1.80. The molecule has 1 unspecified atom stereocenters. The molecule has 0 aliphatic heterocycles. The lowest BCUT2D eigenvalue weighted by Gasteiger charge is -2.06. The van der Waals surface area contributed by atoms with Crippen molar-refractivity contribution in [3.63, 3.8) is 0 Å². The van der Waals surface area contributed by atoms with Gasteiger partial charge in [0.15, 0.2) is 5.78 Å². The van der Waals surface area contributed by atoms with Crippen molar-refractivity contribution >= 4 is 33.4 Å². The monoisotopic (exact) mass is 301 g/mol. The zero-order valence-corrected chi connectivity index (χ0v) is 10.3. The topological polar surface area (TPSA) is 97.5 Å². The Labute approximate surface area is 105 Å². The third kappa shape index (κ3) is 2.88. The lowest BCUT2D eigenvalue weighted by atomic mass is 10.0. The summed E-state index contributed by atoms with van der Waals surface area (Å²) in [7, 11) is 0. The number of hydrogen-bond donors (Lipinski definition) is 1. The van der Waals surface area contributed by atoms with Gasteiger partial charge in [-0.15, -0.1) is 0 Å². The van der Waals surface area contributed by atoms with Gasteiger partial charge in [0.25, 0.3) is 5.69 Å². The van der Waals surface area contributed by atoms with Crippen LogP contribution >= 0.6 is 15.9 Å². The molecule has 0 saturated carbocycles. The van der Waals surface area contributed by atoms with E-state index in [1.807, 2.05) is 0 Å². The van der Waals surface area contributed by atoms with Gasteiger partial charge >= 0.3 is 5.97 Å². The Balaban J connectivity index is 3.40. The van der Waals surface area contributed by atoms with Crippen molar-refractivity contribution in [1.82, 2.24) is 0 Å². The fourth-order valence-corrected chi connectivity index (χ4v) is 1.50. The Morgan fingerprint density at radius 3 is 2.41 bits per heavy atom. The van der Waals surface area contributed by atoms with Crippen LogP contribution in [0.4, 0.5) is 5.69 Å². The van der Waals surface area contributed by atoms with Crippen molar-refractivity contribution in [1.29, 1.82) is 0 Å². The molecule has 17 heavy (non-hydrogen) atoms. The van der Waals surface area contributed by atoms with E-state index in [2.05, 4.69) is 15.9 Å². The molecule has 0 spiro atoms. The highest BCUT2D eigenvalue weighted by Crippen LogP contribution is 2.21. The summed E-state index contributed by atoms with van der Waals surface area (Å²) in [6.45, 7) is 1.52. The number of ketones is 1. The first-order chi connectivity index (χ1) is 7.84. The number of carbonyl (C=O) groups is 2. The Hall–Kier alpha value is -1.76. The van der Waals surface area contributed by atoms with Crippen LogP contribution in [0.25, 0.3) is 0 Å². The van der Waals surface area contributed by atoms with Gasteiger partial charge in [0.2, 0.25) is 0 Å². The van der Waals surface area contributed by atoms with Gasteiger partial charge in [0.05, 0.1) is 15.3 Å². The molecule has 7 heteroatoms. The highest BCUT2D eigenvalue weighted by molar-refractivity contribution is 9.10. The number of hydrogen-bond acceptors (Lipinski definition) is 4. The van der Waals surface area contributed by atoms with Crippen molar-refractivity contribution in [2.45, 2.75) is 11.8 Å². The quantitative estimate of drug-likeness (QED) is 0.398. The number of alkyl halides is 1. The maximum Gasteiger partial charge on any atom is 0.336 e. The van der Waals surface area contributed by atoms with E-state index in [1.165, 1.54) is 6.92 Å². The number of nitrogens with zero attached hydrogens (tertiary/aromatic N) is 1. The average molecular weight is 302 g/mol. The molecule has 0 aliphatic rings. The van der Waals surface area contributed by atoms with Gasteiger partial charge in [-0.3, -0.25) is 14.9 Å². The minimum absolute atomic E-state index is 0.170. The maximum absolute atomic E-state index is 11.7. The molecule has 0 saturated heterocycles. The largest absolute Gasteiger partial charge is 0.478 e. The van der Waals surface area contributed by atoms with Crippen LogP contribution in [0.15, 0.2) is 18.2 Å². The van der Waals surface area contributed by atoms with Gasteiger partial charge in [-0.25, -0.2) is 4.79 Å². The molecule has 1 rings (SSSR count). The van der Waals surface area contributed by atoms with Crippen molar-refractivity contribution in [3.05, 3.63) is 39.4 Å². The number of non-ortho nitro benzene ring substituents is 1. The second-order valence-electron chi connectivity index (χ2n) is 3.27. The van der Waals surface area contributed by atoms with Crippen LogP contribution in [-0.2, 0) is 0 Å². The van der Waals surface area contributed by atoms with Gasteiger partial charge in [0, 0.05) is 17.7 Å². The number of carboxylic acids is 1. The zero-order chi connectivity index (χ0) is 13.2. The predicted octanol–water partition coefficient (Wildman–Crippen LogP) is 2.26. The maximum atomic E-state index is 11.7. The lowest BCUT2D eigenvalue weighted by Crippen LogP contribution is -2.15. The average Bonchev–Trinajstić information content (AvgIpc) is 2.26. The van der Waals surface area contributed by atoms with Crippen LogP contribution in [0.2, 0.25) is 0 Å². The highest BCUT2D eigenvalue weighted by Gasteiger charge is 2.22. The standard InChI is InChI=1S/C10H8BrNO5/c1-5(11)9(13)8-4-6(12(16)17)2-3-7(8)10(14)15/h2-5H,1H3,(H,14,15). The van der Waals surface area contributed by atoms with E-state index in [9.17, 15) is 19.7 Å². The number of carbonyl (C=O) groups excluding carboxylic acids is 1. The van der Waals surface area contributed by atoms with E-state index in [0.717, 1.165) is 18.2 Å². The minimum Gasteiger partial charge on any atom is -0.478 e. The van der Waals surface area contributed by atoms with Gasteiger partial charge in [0.1, 0.15) is 0 Å². The molecule has 0 aliphatic carbocycles. The predicted molar refractivity (Wildman–Crippen MR) is 62.8 cm³/mol. The summed E-state index contributed by atoms with van der Waals surface area (Å²) >= 11 is 3.01. The van der Waals surface area contributed by atoms with Crippen molar-refractivity contribution < 1.29 is 19.6 Å². The number of nitro benzene ring substituents is 1. The number of benzene rings is 1. The van der Waals surface area contributed by atoms with Gasteiger partial charge < -0.3 is 5.11 Å². The molecule has 1 atom stereocenters. The van der Waals surface area contributed by atoms with Gasteiger partial charge in [-0.2, -0.15) is 0 Å². The van der Waals surface area contributed by atoms with E-state index in [1.54, 1.807) is 0 Å². The number of rotatable bonds is 4. The molecule has 0 radical (unpaired) electrons. The molecular weight excluding hydrogens is 294 g/mol. The summed E-state index contributed by atoms with van der Waals surface area (Å²) in [5, 5.41) is 19.5. The van der Waals surface area contributed by atoms with E-state index in [0.29, 0.717) is 0 Å². The van der Waals surface area contributed by atoms with Crippen LogP contribution in [0.1, 0.15) is 27.6 Å². The molecule has 90 valence electrons. The molecule has 0 amide bonds. The number of carboxylic acid groups (broad SMARTS) is 1. The first-order valence-corrected chi connectivity index (χ1v) is 5.46. The number of nitro groups is 1. The fraction of sp³-hybridized carbons (Fsp3) is 0.200. The SMILES string of the molecule is CC(Br)C(=O)c1cc([N+](=O)[O-])ccc1C(=O)O. The minimum atomic E-state index is -1.30. The first kappa shape index (κ1) is 13.3. The Kier molecular flexibility index (Phi) is 3.95. The normalized spacial score (nSPS) is 11.9. The molecule has 0 aromatic heterocycles. The van der Waals surface area contributed by atoms with Gasteiger partial charge in [-0.1, -0.05) is 15.9 Å². The molecule has 6 nitrogen and oxygen atoms in total. The summed E-state index contributed by atoms with van der Waals surface area (Å²) < 4.78 is 0. The molecule has 1 aromatic rings. The fourth-order valence-electron chi connectivity index (χ4n) is 1.25. The molecule has 0 heterocycles. The summed E-state index contributed by atoms with van der Waals surface area (Å²) in [5.41, 5.74) is -0.727. The van der Waals surface area contributed by atoms with Crippen molar-refractivity contribution in [3.8, 4) is 0 Å². The molecular formula is C10H8BrNO5. The smallest absolute Gasteiger partial charge is 0.336 e. The van der Waals surface area contributed by atoms with Crippen LogP contribution in [-0.4, -0.2) is 26.6 Å². The van der Waals surface area contributed by atoms with Crippen LogP contribution in [0.3, 0.4) is 0 Å². The second kappa shape index (κ2) is 5.05. The molecule has 0 fully saturated rings. The third-order valence-electron chi connectivity index (χ3n) is 2.07. The van der Waals surface area contributed by atoms with Crippen molar-refractivity contribution in [2.75, 3.05) is 0 Å². The zero-order valence-electron chi connectivity index (χ0n) is 8.71. The molecule has 1 N–H and O–H groups in total. The van der Waals surface area contributed by atoms with E-state index in [-0.39, 0.29) is 16.8 Å². The Morgan fingerprint density at radius 2 is 2.00 bits per heavy atom. The Morgan fingerprint density at radius 1 is 1.41 bits per heavy atom. The molecule has 0 bridgehead atoms. The summed E-state index contributed by atoms with van der Waals surface area (Å²) in [6.07, 6.45) is 0. The van der Waals surface area contributed by atoms with Crippen LogP contribution in [0, 0.1) is 10.1 Å². The summed E-state index contributed by atoms with van der Waals surface area (Å²) in [6, 6.07) is 3.09. The van der Waals surface area contributed by atoms with E-state index < -0.39 is 21.5 Å². The molecule has 1 aromatic carbocycles. The number of halogens is 1. The highest BCUT2D eigenvalue weighted by atomic mass is 79.9. The van der Waals surface area contributed by atoms with Crippen LogP contribution < -0.4 is 0 Å². The summed E-state index contributed by atoms with van der Waals surface area (Å²) in [4.78, 5) is 31.9. The van der Waals surface area contributed by atoms with E-state index in [4.69, 9.17) is 5.11 Å². The first-order valence-electron chi connectivity index (χ1n) is 4.54. The van der Waals surface area contributed by atoms with E-state index >= 15 is 0 Å². The lowest BCUT2D eigenvalue weighted by molar-refractivity contribution is -0.384. The van der Waals surface area contributed by atoms with Crippen molar-refractivity contribution in [2.24, 2.45) is 0 Å². The van der Waals surface area contributed by atoms with Crippen LogP contribution in [0.5, 0.6) is 0 Å². The Bertz CT molecular complexity index is 497. The number of aromatic carboxylic acids is 1. The van der Waals surface area contributed by atoms with Gasteiger partial charge in [-0.05, 0) is 13.0 Å². The second-order valence-corrected chi connectivity index (χ2v) is 4.65. The number of Topliss-reactive ketones (excluding diaryl/α,β-unsaturated/α-hetero) is 1. The third-order valence-corrected chi connectivity index (χ3v) is 2.49.